The molecule has 0 saturated heterocycles. The highest BCUT2D eigenvalue weighted by atomic mass is 32.1. The van der Waals surface area contributed by atoms with Crippen LogP contribution in [0, 0.1) is 6.92 Å². The fourth-order valence-electron chi connectivity index (χ4n) is 1.93. The molecule has 0 aromatic carbocycles. The van der Waals surface area contributed by atoms with Crippen LogP contribution in [0.5, 0.6) is 0 Å². The number of hydrogen-bond donors (Lipinski definition) is 1. The minimum Gasteiger partial charge on any atom is -0.298 e. The zero-order chi connectivity index (χ0) is 12.5. The van der Waals surface area contributed by atoms with Crippen molar-refractivity contribution in [3.63, 3.8) is 0 Å². The van der Waals surface area contributed by atoms with Gasteiger partial charge in [-0.25, -0.2) is 4.98 Å². The molecule has 0 atom stereocenters. The van der Waals surface area contributed by atoms with E-state index in [0.717, 1.165) is 27.8 Å². The summed E-state index contributed by atoms with van der Waals surface area (Å²) in [5, 5.41) is 9.37. The predicted octanol–water partition coefficient (Wildman–Crippen LogP) is 1.73. The van der Waals surface area contributed by atoms with Crippen molar-refractivity contribution in [3.05, 3.63) is 45.6 Å². The Bertz CT molecular complexity index is 726. The van der Waals surface area contributed by atoms with Gasteiger partial charge in [-0.05, 0) is 29.9 Å². The Labute approximate surface area is 107 Å². The molecule has 18 heavy (non-hydrogen) atoms. The molecule has 3 aromatic heterocycles. The van der Waals surface area contributed by atoms with Gasteiger partial charge in [-0.15, -0.1) is 11.3 Å². The third-order valence-corrected chi connectivity index (χ3v) is 3.95. The van der Waals surface area contributed by atoms with Crippen LogP contribution in [0.4, 0.5) is 0 Å². The molecule has 0 aliphatic rings. The Hall–Kier alpha value is -1.95. The fourth-order valence-corrected chi connectivity index (χ4v) is 2.81. The van der Waals surface area contributed by atoms with Crippen LogP contribution in [-0.2, 0) is 13.0 Å². The largest absolute Gasteiger partial charge is 0.298 e. The summed E-state index contributed by atoms with van der Waals surface area (Å²) in [5.41, 5.74) is 2.14. The van der Waals surface area contributed by atoms with Crippen molar-refractivity contribution >= 4 is 21.6 Å². The van der Waals surface area contributed by atoms with Gasteiger partial charge in [-0.3, -0.25) is 14.5 Å². The van der Waals surface area contributed by atoms with E-state index in [9.17, 15) is 4.79 Å². The molecular weight excluding hydrogens is 248 g/mol. The SMILES string of the molecule is Cc1csc2ncn(CCc3cn[nH]c3)c(=O)c12. The van der Waals surface area contributed by atoms with Gasteiger partial charge in [-0.1, -0.05) is 0 Å². The van der Waals surface area contributed by atoms with Crippen molar-refractivity contribution in [2.24, 2.45) is 0 Å². The Morgan fingerprint density at radius 2 is 2.39 bits per heavy atom. The molecule has 0 aliphatic carbocycles. The molecule has 0 amide bonds. The summed E-state index contributed by atoms with van der Waals surface area (Å²) in [6.45, 7) is 2.57. The maximum atomic E-state index is 12.3. The number of aromatic nitrogens is 4. The monoisotopic (exact) mass is 260 g/mol. The minimum absolute atomic E-state index is 0.0437. The van der Waals surface area contributed by atoms with Crippen LogP contribution in [0.2, 0.25) is 0 Å². The number of nitrogens with zero attached hydrogens (tertiary/aromatic N) is 3. The lowest BCUT2D eigenvalue weighted by Gasteiger charge is -2.03. The lowest BCUT2D eigenvalue weighted by molar-refractivity contribution is 0.663. The molecule has 6 heteroatoms. The van der Waals surface area contributed by atoms with Gasteiger partial charge in [-0.2, -0.15) is 5.10 Å². The van der Waals surface area contributed by atoms with Gasteiger partial charge in [0.25, 0.3) is 5.56 Å². The number of hydrogen-bond acceptors (Lipinski definition) is 4. The van der Waals surface area contributed by atoms with Crippen LogP contribution in [-0.4, -0.2) is 19.7 Å². The molecule has 0 bridgehead atoms. The first kappa shape index (κ1) is 11.2. The maximum absolute atomic E-state index is 12.3. The zero-order valence-corrected chi connectivity index (χ0v) is 10.7. The summed E-state index contributed by atoms with van der Waals surface area (Å²) in [6.07, 6.45) is 6.01. The molecule has 0 aliphatic heterocycles. The van der Waals surface area contributed by atoms with Crippen molar-refractivity contribution in [2.45, 2.75) is 19.9 Å². The fraction of sp³-hybridized carbons (Fsp3) is 0.250. The van der Waals surface area contributed by atoms with Gasteiger partial charge in [0.2, 0.25) is 0 Å². The summed E-state index contributed by atoms with van der Waals surface area (Å²) in [5.74, 6) is 0. The number of aromatic amines is 1. The van der Waals surface area contributed by atoms with Crippen LogP contribution < -0.4 is 5.56 Å². The normalized spacial score (nSPS) is 11.2. The van der Waals surface area contributed by atoms with Crippen LogP contribution in [0.3, 0.4) is 0 Å². The van der Waals surface area contributed by atoms with Gasteiger partial charge in [0.1, 0.15) is 4.83 Å². The average molecular weight is 260 g/mol. The van der Waals surface area contributed by atoms with Crippen molar-refractivity contribution < 1.29 is 0 Å². The molecule has 5 nitrogen and oxygen atoms in total. The van der Waals surface area contributed by atoms with Crippen LogP contribution in [0.15, 0.2) is 28.9 Å². The van der Waals surface area contributed by atoms with Gasteiger partial charge in [0.15, 0.2) is 0 Å². The van der Waals surface area contributed by atoms with Crippen LogP contribution in [0.25, 0.3) is 10.2 Å². The topological polar surface area (TPSA) is 63.6 Å². The summed E-state index contributed by atoms with van der Waals surface area (Å²) >= 11 is 1.51. The second kappa shape index (κ2) is 4.38. The van der Waals surface area contributed by atoms with Crippen molar-refractivity contribution in [1.82, 2.24) is 19.7 Å². The Balaban J connectivity index is 1.95. The van der Waals surface area contributed by atoms with E-state index in [0.29, 0.717) is 6.54 Å². The zero-order valence-electron chi connectivity index (χ0n) is 9.88. The summed E-state index contributed by atoms with van der Waals surface area (Å²) in [4.78, 5) is 17.4. The molecule has 0 unspecified atom stereocenters. The lowest BCUT2D eigenvalue weighted by atomic mass is 10.2. The average Bonchev–Trinajstić information content (AvgIpc) is 2.99. The smallest absolute Gasteiger partial charge is 0.262 e. The van der Waals surface area contributed by atoms with E-state index in [-0.39, 0.29) is 5.56 Å². The molecular formula is C12H12N4OS. The molecule has 0 saturated carbocycles. The van der Waals surface area contributed by atoms with Gasteiger partial charge < -0.3 is 0 Å². The van der Waals surface area contributed by atoms with E-state index in [4.69, 9.17) is 0 Å². The Kier molecular flexibility index (Phi) is 2.71. The van der Waals surface area contributed by atoms with E-state index in [1.165, 1.54) is 11.3 Å². The minimum atomic E-state index is 0.0437. The van der Waals surface area contributed by atoms with Crippen LogP contribution in [0.1, 0.15) is 11.1 Å². The highest BCUT2D eigenvalue weighted by Gasteiger charge is 2.08. The number of rotatable bonds is 3. The summed E-state index contributed by atoms with van der Waals surface area (Å²) in [7, 11) is 0. The Morgan fingerprint density at radius 3 is 3.17 bits per heavy atom. The van der Waals surface area contributed by atoms with Crippen molar-refractivity contribution in [2.75, 3.05) is 0 Å². The molecule has 3 heterocycles. The van der Waals surface area contributed by atoms with E-state index < -0.39 is 0 Å². The quantitative estimate of drug-likeness (QED) is 0.780. The van der Waals surface area contributed by atoms with Gasteiger partial charge in [0.05, 0.1) is 17.9 Å². The second-order valence-electron chi connectivity index (χ2n) is 4.20. The second-order valence-corrected chi connectivity index (χ2v) is 5.06. The van der Waals surface area contributed by atoms with Crippen molar-refractivity contribution in [3.8, 4) is 0 Å². The third kappa shape index (κ3) is 1.84. The first-order valence-corrected chi connectivity index (χ1v) is 6.54. The number of thiophene rings is 1. The number of H-pyrrole nitrogens is 1. The third-order valence-electron chi connectivity index (χ3n) is 2.94. The summed E-state index contributed by atoms with van der Waals surface area (Å²) < 4.78 is 1.66. The number of nitrogens with one attached hydrogen (secondary N) is 1. The molecule has 0 spiro atoms. The molecule has 92 valence electrons. The maximum Gasteiger partial charge on any atom is 0.262 e. The highest BCUT2D eigenvalue weighted by Crippen LogP contribution is 2.19. The standard InChI is InChI=1S/C12H12N4OS/c1-8-6-18-11-10(8)12(17)16(7-13-11)3-2-9-4-14-15-5-9/h4-7H,2-3H2,1H3,(H,14,15). The first-order valence-electron chi connectivity index (χ1n) is 5.66. The molecule has 3 aromatic rings. The van der Waals surface area contributed by atoms with Gasteiger partial charge in [0, 0.05) is 12.7 Å². The molecule has 3 rings (SSSR count). The number of fused-ring (bicyclic) bond motifs is 1. The highest BCUT2D eigenvalue weighted by molar-refractivity contribution is 7.16. The summed E-state index contributed by atoms with van der Waals surface area (Å²) in [6, 6.07) is 0. The Morgan fingerprint density at radius 1 is 1.50 bits per heavy atom. The van der Waals surface area contributed by atoms with E-state index >= 15 is 0 Å². The molecule has 1 N–H and O–H groups in total. The number of aryl methyl sites for hydroxylation is 3. The first-order chi connectivity index (χ1) is 8.75. The van der Waals surface area contributed by atoms with Gasteiger partial charge >= 0.3 is 0 Å². The molecule has 0 fully saturated rings. The van der Waals surface area contributed by atoms with E-state index in [2.05, 4.69) is 15.2 Å². The van der Waals surface area contributed by atoms with Crippen LogP contribution >= 0.6 is 11.3 Å². The van der Waals surface area contributed by atoms with Crippen molar-refractivity contribution in [1.29, 1.82) is 0 Å². The lowest BCUT2D eigenvalue weighted by Crippen LogP contribution is -2.21. The molecule has 0 radical (unpaired) electrons. The predicted molar refractivity (Wildman–Crippen MR) is 70.9 cm³/mol. The van der Waals surface area contributed by atoms with E-state index in [1.807, 2.05) is 18.5 Å². The van der Waals surface area contributed by atoms with E-state index in [1.54, 1.807) is 17.1 Å².